The molecule has 3 rings (SSSR count). The number of hydrogen-bond donors (Lipinski definition) is 2. The van der Waals surface area contributed by atoms with Crippen LogP contribution in [0.15, 0.2) is 84.9 Å². The van der Waals surface area contributed by atoms with Gasteiger partial charge < -0.3 is 39.0 Å². The molecule has 0 aliphatic heterocycles. The minimum absolute atomic E-state index is 0.00465. The fourth-order valence-electron chi connectivity index (χ4n) is 4.20. The third kappa shape index (κ3) is 9.28. The van der Waals surface area contributed by atoms with Gasteiger partial charge in [0.25, 0.3) is 0 Å². The first-order valence-electron chi connectivity index (χ1n) is 13.6. The number of esters is 2. The van der Waals surface area contributed by atoms with Crippen molar-refractivity contribution in [1.82, 2.24) is 10.2 Å². The third-order valence-corrected chi connectivity index (χ3v) is 6.52. The number of alkyl carbamates (subject to hydrolysis) is 1. The van der Waals surface area contributed by atoms with Crippen molar-refractivity contribution < 1.29 is 48.0 Å². The van der Waals surface area contributed by atoms with Gasteiger partial charge in [0.2, 0.25) is 5.91 Å². The van der Waals surface area contributed by atoms with Gasteiger partial charge in [0.15, 0.2) is 18.9 Å². The second-order valence-corrected chi connectivity index (χ2v) is 9.65. The Morgan fingerprint density at radius 3 is 2.07 bits per heavy atom. The van der Waals surface area contributed by atoms with Crippen LogP contribution in [0.4, 0.5) is 4.79 Å². The van der Waals surface area contributed by atoms with E-state index in [9.17, 15) is 24.3 Å². The molecule has 0 aromatic heterocycles. The molecule has 0 aliphatic carbocycles. The van der Waals surface area contributed by atoms with Gasteiger partial charge in [-0.15, -0.1) is 0 Å². The van der Waals surface area contributed by atoms with Gasteiger partial charge in [0.05, 0.1) is 18.8 Å². The Bertz CT molecular complexity index is 1370. The van der Waals surface area contributed by atoms with Crippen LogP contribution in [0.25, 0.3) is 0 Å². The Kier molecular flexibility index (Phi) is 12.7. The molecule has 2 N–H and O–H groups in total. The molecular weight excluding hydrogens is 572 g/mol. The molecule has 0 unspecified atom stereocenters. The smallest absolute Gasteiger partial charge is 0.408 e. The van der Waals surface area contributed by atoms with Crippen LogP contribution in [0.3, 0.4) is 0 Å². The summed E-state index contributed by atoms with van der Waals surface area (Å²) in [5.41, 5.74) is 1.25. The first-order chi connectivity index (χ1) is 21.2. The number of amides is 2. The Morgan fingerprint density at radius 2 is 1.50 bits per heavy atom. The molecule has 3 aromatic rings. The summed E-state index contributed by atoms with van der Waals surface area (Å²) >= 11 is 0. The number of aliphatic hydroxyl groups excluding tert-OH is 1. The molecule has 44 heavy (non-hydrogen) atoms. The van der Waals surface area contributed by atoms with Gasteiger partial charge in [-0.2, -0.15) is 0 Å². The van der Waals surface area contributed by atoms with Crippen molar-refractivity contribution in [2.75, 3.05) is 28.1 Å². The number of carbonyl (C=O) groups excluding carboxylic acids is 4. The van der Waals surface area contributed by atoms with Crippen LogP contribution in [0.2, 0.25) is 0 Å². The summed E-state index contributed by atoms with van der Waals surface area (Å²) in [6.07, 6.45) is -3.73. The zero-order chi connectivity index (χ0) is 32.1. The minimum atomic E-state index is -1.53. The van der Waals surface area contributed by atoms with E-state index in [4.69, 9.17) is 23.7 Å². The van der Waals surface area contributed by atoms with E-state index in [-0.39, 0.29) is 19.0 Å². The second kappa shape index (κ2) is 16.6. The van der Waals surface area contributed by atoms with Gasteiger partial charge >= 0.3 is 18.0 Å². The van der Waals surface area contributed by atoms with Crippen molar-refractivity contribution in [2.24, 2.45) is 0 Å². The number of nitrogens with zero attached hydrogens (tertiary/aromatic N) is 1. The molecule has 4 atom stereocenters. The molecular formula is C32H36N2O10. The molecule has 0 aliphatic rings. The average Bonchev–Trinajstić information content (AvgIpc) is 3.05. The van der Waals surface area contributed by atoms with Crippen molar-refractivity contribution >= 4 is 23.9 Å². The van der Waals surface area contributed by atoms with Gasteiger partial charge in [-0.25, -0.2) is 14.4 Å². The van der Waals surface area contributed by atoms with E-state index < -0.39 is 48.2 Å². The Hall–Kier alpha value is -4.94. The molecule has 0 fully saturated rings. The lowest BCUT2D eigenvalue weighted by Gasteiger charge is -2.35. The summed E-state index contributed by atoms with van der Waals surface area (Å²) < 4.78 is 26.4. The monoisotopic (exact) mass is 608 g/mol. The normalized spacial score (nSPS) is 13.4. The van der Waals surface area contributed by atoms with Crippen molar-refractivity contribution in [3.05, 3.63) is 102 Å². The molecule has 2 amide bonds. The molecule has 0 radical (unpaired) electrons. The number of nitrogens with one attached hydrogen (secondary N) is 1. The van der Waals surface area contributed by atoms with E-state index in [1.807, 2.05) is 6.07 Å². The van der Waals surface area contributed by atoms with Crippen LogP contribution in [0.1, 0.15) is 34.5 Å². The Morgan fingerprint density at radius 1 is 0.886 bits per heavy atom. The predicted octanol–water partition coefficient (Wildman–Crippen LogP) is 3.24. The van der Waals surface area contributed by atoms with Crippen molar-refractivity contribution in [2.45, 2.75) is 37.8 Å². The summed E-state index contributed by atoms with van der Waals surface area (Å²) in [6, 6.07) is 20.2. The Balaban J connectivity index is 1.91. The maximum atomic E-state index is 13.7. The number of carbonyl (C=O) groups is 4. The van der Waals surface area contributed by atoms with Gasteiger partial charge in [0, 0.05) is 14.2 Å². The van der Waals surface area contributed by atoms with E-state index in [2.05, 4.69) is 5.32 Å². The first kappa shape index (κ1) is 33.6. The zero-order valence-electron chi connectivity index (χ0n) is 24.9. The standard InChI is InChI=1S/C32H36N2O10/c1-21(35)26(33-32(39)42-19-22-11-7-5-8-12-22)29(36)34(2)27(31(38)41-4)28(44-30(37)24-13-9-6-10-14-24)23-15-17-25(18-16-23)43-20-40-3/h5-18,21,26-28,35H,19-20H2,1-4H3,(H,33,39)/t21-,26+,27+,28+/m1/s1. The number of rotatable bonds is 14. The molecule has 12 nitrogen and oxygen atoms in total. The zero-order valence-corrected chi connectivity index (χ0v) is 24.9. The van der Waals surface area contributed by atoms with Crippen molar-refractivity contribution in [3.8, 4) is 5.75 Å². The highest BCUT2D eigenvalue weighted by Crippen LogP contribution is 2.29. The Labute approximate surface area is 255 Å². The van der Waals surface area contributed by atoms with Gasteiger partial charge in [0.1, 0.15) is 18.4 Å². The summed E-state index contributed by atoms with van der Waals surface area (Å²) in [4.78, 5) is 53.7. The maximum Gasteiger partial charge on any atom is 0.408 e. The predicted molar refractivity (Wildman–Crippen MR) is 157 cm³/mol. The molecule has 0 saturated heterocycles. The van der Waals surface area contributed by atoms with Gasteiger partial charge in [-0.05, 0) is 42.3 Å². The quantitative estimate of drug-likeness (QED) is 0.159. The number of ether oxygens (including phenoxy) is 5. The van der Waals surface area contributed by atoms with Crippen LogP contribution >= 0.6 is 0 Å². The highest BCUT2D eigenvalue weighted by molar-refractivity contribution is 5.92. The molecule has 0 heterocycles. The van der Waals surface area contributed by atoms with Crippen LogP contribution in [-0.4, -0.2) is 80.2 Å². The molecule has 234 valence electrons. The molecule has 0 spiro atoms. The van der Waals surface area contributed by atoms with E-state index in [0.29, 0.717) is 16.9 Å². The summed E-state index contributed by atoms with van der Waals surface area (Å²) in [7, 11) is 3.87. The minimum Gasteiger partial charge on any atom is -0.468 e. The highest BCUT2D eigenvalue weighted by Gasteiger charge is 2.42. The lowest BCUT2D eigenvalue weighted by atomic mass is 9.99. The second-order valence-electron chi connectivity index (χ2n) is 9.65. The van der Waals surface area contributed by atoms with E-state index >= 15 is 0 Å². The lowest BCUT2D eigenvalue weighted by molar-refractivity contribution is -0.158. The van der Waals surface area contributed by atoms with Gasteiger partial charge in [-0.3, -0.25) is 4.79 Å². The summed E-state index contributed by atoms with van der Waals surface area (Å²) in [6.45, 7) is 1.22. The van der Waals surface area contributed by atoms with E-state index in [1.165, 1.54) is 33.2 Å². The fraction of sp³-hybridized carbons (Fsp3) is 0.312. The number of aliphatic hydroxyl groups is 1. The third-order valence-electron chi connectivity index (χ3n) is 6.52. The van der Waals surface area contributed by atoms with Crippen LogP contribution in [0, 0.1) is 0 Å². The van der Waals surface area contributed by atoms with E-state index in [1.54, 1.807) is 66.7 Å². The van der Waals surface area contributed by atoms with Crippen LogP contribution in [0.5, 0.6) is 5.75 Å². The number of hydrogen-bond acceptors (Lipinski definition) is 10. The number of likely N-dealkylation sites (N-methyl/N-ethyl adjacent to an activating group) is 1. The van der Waals surface area contributed by atoms with Crippen molar-refractivity contribution in [1.29, 1.82) is 0 Å². The SMILES string of the molecule is COCOc1ccc([C@H](OC(=O)c2ccccc2)[C@@H](C(=O)OC)N(C)C(=O)[C@@H](NC(=O)OCc2ccccc2)[C@@H](C)O)cc1. The largest absolute Gasteiger partial charge is 0.468 e. The van der Waals surface area contributed by atoms with Crippen molar-refractivity contribution in [3.63, 3.8) is 0 Å². The van der Waals surface area contributed by atoms with Crippen LogP contribution in [-0.2, 0) is 35.1 Å². The van der Waals surface area contributed by atoms with E-state index in [0.717, 1.165) is 12.0 Å². The van der Waals surface area contributed by atoms with Crippen LogP contribution < -0.4 is 10.1 Å². The first-order valence-corrected chi connectivity index (χ1v) is 13.6. The molecule has 12 heteroatoms. The summed E-state index contributed by atoms with van der Waals surface area (Å²) in [5, 5.41) is 12.8. The van der Waals surface area contributed by atoms with Gasteiger partial charge in [-0.1, -0.05) is 60.7 Å². The topological polar surface area (TPSA) is 150 Å². The average molecular weight is 609 g/mol. The lowest BCUT2D eigenvalue weighted by Crippen LogP contribution is -2.57. The number of benzene rings is 3. The molecule has 0 bridgehead atoms. The summed E-state index contributed by atoms with van der Waals surface area (Å²) in [5.74, 6) is -2.11. The maximum absolute atomic E-state index is 13.7. The highest BCUT2D eigenvalue weighted by atomic mass is 16.7. The fourth-order valence-corrected chi connectivity index (χ4v) is 4.20. The number of methoxy groups -OCH3 is 2. The molecule has 0 saturated carbocycles. The molecule has 3 aromatic carbocycles.